The molecule has 0 aromatic rings. The minimum absolute atomic E-state index is 0.0219. The smallest absolute Gasteiger partial charge is 0.146 e. The van der Waals surface area contributed by atoms with Gasteiger partial charge in [-0.3, -0.25) is 0 Å². The molecule has 72 valence electrons. The molecule has 1 unspecified atom stereocenters. The molecule has 1 heterocycles. The van der Waals surface area contributed by atoms with Crippen LogP contribution >= 0.6 is 0 Å². The summed E-state index contributed by atoms with van der Waals surface area (Å²) in [5.41, 5.74) is -0.509. The van der Waals surface area contributed by atoms with Crippen LogP contribution in [0.25, 0.3) is 0 Å². The third kappa shape index (κ3) is 2.07. The first-order valence-corrected chi connectivity index (χ1v) is 4.75. The SMILES string of the molecule is CC(C)[N+]1=CCC(C#N)(CO)CC1. The lowest BCUT2D eigenvalue weighted by Crippen LogP contribution is -2.37. The maximum Gasteiger partial charge on any atom is 0.146 e. The number of aliphatic hydroxyl groups excluding tert-OH is 1. The van der Waals surface area contributed by atoms with Gasteiger partial charge >= 0.3 is 0 Å². The van der Waals surface area contributed by atoms with Crippen LogP contribution in [0, 0.1) is 16.7 Å². The molecule has 1 aliphatic rings. The van der Waals surface area contributed by atoms with Crippen LogP contribution in [0.2, 0.25) is 0 Å². The van der Waals surface area contributed by atoms with E-state index >= 15 is 0 Å². The fourth-order valence-corrected chi connectivity index (χ4v) is 1.58. The Morgan fingerprint density at radius 1 is 1.69 bits per heavy atom. The van der Waals surface area contributed by atoms with Gasteiger partial charge in [0.25, 0.3) is 0 Å². The lowest BCUT2D eigenvalue weighted by Gasteiger charge is -2.25. The van der Waals surface area contributed by atoms with Gasteiger partial charge in [-0.15, -0.1) is 0 Å². The molecule has 0 fully saturated rings. The van der Waals surface area contributed by atoms with E-state index in [-0.39, 0.29) is 6.61 Å². The van der Waals surface area contributed by atoms with Crippen LogP contribution in [0.1, 0.15) is 26.7 Å². The third-order valence-electron chi connectivity index (χ3n) is 2.77. The molecule has 13 heavy (non-hydrogen) atoms. The van der Waals surface area contributed by atoms with Gasteiger partial charge in [0, 0.05) is 12.8 Å². The molecule has 0 spiro atoms. The van der Waals surface area contributed by atoms with Crippen molar-refractivity contribution in [2.24, 2.45) is 5.41 Å². The summed E-state index contributed by atoms with van der Waals surface area (Å²) in [4.78, 5) is 0. The van der Waals surface area contributed by atoms with Gasteiger partial charge < -0.3 is 5.11 Å². The summed E-state index contributed by atoms with van der Waals surface area (Å²) in [6.07, 6.45) is 3.50. The Morgan fingerprint density at radius 3 is 2.69 bits per heavy atom. The molecule has 0 amide bonds. The highest BCUT2D eigenvalue weighted by Gasteiger charge is 2.35. The maximum atomic E-state index is 9.11. The molecule has 0 saturated heterocycles. The van der Waals surface area contributed by atoms with Crippen molar-refractivity contribution in [1.82, 2.24) is 0 Å². The van der Waals surface area contributed by atoms with Gasteiger partial charge in [0.2, 0.25) is 0 Å². The Balaban J connectivity index is 2.70. The van der Waals surface area contributed by atoms with Crippen molar-refractivity contribution < 1.29 is 9.68 Å². The van der Waals surface area contributed by atoms with E-state index in [1.807, 2.05) is 6.21 Å². The lowest BCUT2D eigenvalue weighted by atomic mass is 9.82. The summed E-state index contributed by atoms with van der Waals surface area (Å²) in [6, 6.07) is 2.71. The molecule has 0 radical (unpaired) electrons. The second-order valence-electron chi connectivity index (χ2n) is 4.02. The predicted molar refractivity (Wildman–Crippen MR) is 50.7 cm³/mol. The van der Waals surface area contributed by atoms with Crippen LogP contribution in [-0.2, 0) is 0 Å². The van der Waals surface area contributed by atoms with Gasteiger partial charge in [-0.2, -0.15) is 5.26 Å². The second-order valence-corrected chi connectivity index (χ2v) is 4.02. The highest BCUT2D eigenvalue weighted by atomic mass is 16.3. The Hall–Kier alpha value is -0.880. The molecular weight excluding hydrogens is 164 g/mol. The van der Waals surface area contributed by atoms with Crippen molar-refractivity contribution in [3.63, 3.8) is 0 Å². The third-order valence-corrected chi connectivity index (χ3v) is 2.77. The van der Waals surface area contributed by atoms with Gasteiger partial charge in [-0.05, 0) is 13.8 Å². The van der Waals surface area contributed by atoms with Crippen LogP contribution in [-0.4, -0.2) is 35.1 Å². The highest BCUT2D eigenvalue weighted by molar-refractivity contribution is 5.54. The van der Waals surface area contributed by atoms with Crippen molar-refractivity contribution >= 4 is 6.21 Å². The Morgan fingerprint density at radius 2 is 2.38 bits per heavy atom. The normalized spacial score (nSPS) is 28.4. The van der Waals surface area contributed by atoms with Gasteiger partial charge in [-0.25, -0.2) is 4.58 Å². The minimum Gasteiger partial charge on any atom is -0.395 e. The predicted octanol–water partition coefficient (Wildman–Crippen LogP) is 0.774. The Bertz CT molecular complexity index is 252. The van der Waals surface area contributed by atoms with Crippen molar-refractivity contribution in [1.29, 1.82) is 5.26 Å². The number of hydrogen-bond donors (Lipinski definition) is 1. The van der Waals surface area contributed by atoms with E-state index in [2.05, 4.69) is 24.5 Å². The molecule has 1 atom stereocenters. The van der Waals surface area contributed by atoms with Crippen LogP contribution in [0.4, 0.5) is 0 Å². The van der Waals surface area contributed by atoms with Crippen molar-refractivity contribution in [2.45, 2.75) is 32.7 Å². The van der Waals surface area contributed by atoms with Gasteiger partial charge in [0.15, 0.2) is 0 Å². The summed E-state index contributed by atoms with van der Waals surface area (Å²) in [7, 11) is 0. The van der Waals surface area contributed by atoms with Crippen LogP contribution < -0.4 is 0 Å². The maximum absolute atomic E-state index is 9.11. The summed E-state index contributed by atoms with van der Waals surface area (Å²) >= 11 is 0. The van der Waals surface area contributed by atoms with Crippen LogP contribution in [0.3, 0.4) is 0 Å². The Labute approximate surface area is 79.3 Å². The van der Waals surface area contributed by atoms with E-state index in [1.165, 1.54) is 0 Å². The molecule has 3 heteroatoms. The van der Waals surface area contributed by atoms with E-state index in [0.717, 1.165) is 13.0 Å². The number of hydrogen-bond acceptors (Lipinski definition) is 2. The molecular formula is C10H17N2O+. The quantitative estimate of drug-likeness (QED) is 0.640. The molecule has 0 aliphatic carbocycles. The van der Waals surface area contributed by atoms with Gasteiger partial charge in [0.1, 0.15) is 18.8 Å². The monoisotopic (exact) mass is 181 g/mol. The van der Waals surface area contributed by atoms with E-state index in [4.69, 9.17) is 10.4 Å². The van der Waals surface area contributed by atoms with E-state index in [0.29, 0.717) is 12.5 Å². The zero-order valence-corrected chi connectivity index (χ0v) is 8.32. The fourth-order valence-electron chi connectivity index (χ4n) is 1.58. The average molecular weight is 181 g/mol. The number of nitrogens with zero attached hydrogens (tertiary/aromatic N) is 2. The van der Waals surface area contributed by atoms with Crippen LogP contribution in [0.5, 0.6) is 0 Å². The van der Waals surface area contributed by atoms with Gasteiger partial charge in [-0.1, -0.05) is 0 Å². The highest BCUT2D eigenvalue weighted by Crippen LogP contribution is 2.26. The van der Waals surface area contributed by atoms with Crippen LogP contribution in [0.15, 0.2) is 0 Å². The van der Waals surface area contributed by atoms with E-state index in [1.54, 1.807) is 0 Å². The average Bonchev–Trinajstić information content (AvgIpc) is 2.18. The molecule has 0 aromatic heterocycles. The van der Waals surface area contributed by atoms with E-state index < -0.39 is 5.41 Å². The summed E-state index contributed by atoms with van der Waals surface area (Å²) in [6.45, 7) is 5.13. The molecule has 1 rings (SSSR count). The zero-order chi connectivity index (χ0) is 9.90. The van der Waals surface area contributed by atoms with Crippen molar-refractivity contribution in [2.75, 3.05) is 13.2 Å². The summed E-state index contributed by atoms with van der Waals surface area (Å²) in [5, 5.41) is 18.0. The molecule has 3 nitrogen and oxygen atoms in total. The number of rotatable bonds is 2. The number of aliphatic hydroxyl groups is 1. The first-order valence-electron chi connectivity index (χ1n) is 4.75. The molecule has 0 aromatic carbocycles. The molecule has 1 N–H and O–H groups in total. The summed E-state index contributed by atoms with van der Waals surface area (Å²) < 4.78 is 2.23. The minimum atomic E-state index is -0.509. The largest absolute Gasteiger partial charge is 0.395 e. The number of nitriles is 1. The fraction of sp³-hybridized carbons (Fsp3) is 0.800. The lowest BCUT2D eigenvalue weighted by molar-refractivity contribution is -0.561. The first kappa shape index (κ1) is 10.2. The second kappa shape index (κ2) is 3.89. The first-order chi connectivity index (χ1) is 6.13. The molecule has 0 saturated carbocycles. The van der Waals surface area contributed by atoms with Crippen molar-refractivity contribution in [3.8, 4) is 6.07 Å². The Kier molecular flexibility index (Phi) is 3.05. The van der Waals surface area contributed by atoms with Gasteiger partial charge in [0.05, 0.1) is 18.1 Å². The topological polar surface area (TPSA) is 47.0 Å². The molecule has 1 aliphatic heterocycles. The standard InChI is InChI=1S/C10H17N2O/c1-9(2)12-5-3-10(7-11,8-13)4-6-12/h5,9,13H,3-4,6,8H2,1-2H3/q+1. The van der Waals surface area contributed by atoms with Crippen molar-refractivity contribution in [3.05, 3.63) is 0 Å². The molecule has 0 bridgehead atoms. The van der Waals surface area contributed by atoms with E-state index in [9.17, 15) is 0 Å². The summed E-state index contributed by atoms with van der Waals surface area (Å²) in [5.74, 6) is 0. The zero-order valence-electron chi connectivity index (χ0n) is 8.32.